The molecule has 2 heterocycles. The highest BCUT2D eigenvalue weighted by Crippen LogP contribution is 2.36. The number of Topliss-reactive ketones (excluding diaryl/α,β-unsaturated/α-hetero) is 1. The third kappa shape index (κ3) is 2.63. The maximum atomic E-state index is 12.7. The van der Waals surface area contributed by atoms with E-state index in [-0.39, 0.29) is 11.4 Å². The molecule has 7 heteroatoms. The van der Waals surface area contributed by atoms with E-state index in [1.165, 1.54) is 25.6 Å². The van der Waals surface area contributed by atoms with Crippen molar-refractivity contribution in [2.75, 3.05) is 14.2 Å². The maximum absolute atomic E-state index is 12.7. The molecule has 0 radical (unpaired) electrons. The minimum atomic E-state index is -0.744. The molecule has 1 aliphatic rings. The summed E-state index contributed by atoms with van der Waals surface area (Å²) in [6, 6.07) is 7.72. The van der Waals surface area contributed by atoms with E-state index in [0.717, 1.165) is 0 Å². The Morgan fingerprint density at radius 1 is 1.21 bits per heavy atom. The van der Waals surface area contributed by atoms with E-state index in [0.29, 0.717) is 21.9 Å². The summed E-state index contributed by atoms with van der Waals surface area (Å²) in [6.45, 7) is 0. The van der Waals surface area contributed by atoms with Crippen LogP contribution in [0.1, 0.15) is 21.3 Å². The number of amides is 1. The van der Waals surface area contributed by atoms with Gasteiger partial charge in [-0.25, -0.2) is 0 Å². The molecule has 24 heavy (non-hydrogen) atoms. The van der Waals surface area contributed by atoms with Crippen LogP contribution in [0, 0.1) is 0 Å². The molecule has 1 amide bonds. The number of nitrogens with one attached hydrogen (secondary N) is 1. The van der Waals surface area contributed by atoms with Crippen LogP contribution in [0.4, 0.5) is 0 Å². The number of methoxy groups -OCH3 is 2. The van der Waals surface area contributed by atoms with Gasteiger partial charge >= 0.3 is 0 Å². The molecule has 3 rings (SSSR count). The number of carbonyl (C=O) groups excluding carboxylic acids is 2. The fourth-order valence-electron chi connectivity index (χ4n) is 2.59. The number of hydrogen-bond donors (Lipinski definition) is 2. The first-order valence-electron chi connectivity index (χ1n) is 7.11. The van der Waals surface area contributed by atoms with Crippen LogP contribution in [0.2, 0.25) is 0 Å². The average Bonchev–Trinajstić information content (AvgIpc) is 3.23. The summed E-state index contributed by atoms with van der Waals surface area (Å²) in [5.41, 5.74) is 0.652. The predicted molar refractivity (Wildman–Crippen MR) is 88.7 cm³/mol. The Morgan fingerprint density at radius 3 is 2.58 bits per heavy atom. The number of ether oxygens (including phenoxy) is 2. The Balaban J connectivity index is 2.04. The normalized spacial score (nSPS) is 16.9. The van der Waals surface area contributed by atoms with Crippen LogP contribution in [0.15, 0.2) is 47.0 Å². The number of ketones is 1. The SMILES string of the molecule is COc1ccc([C@H]2NC(=O)C(O)=C2C(=O)c2cccs2)cc1OC. The summed E-state index contributed by atoms with van der Waals surface area (Å²) in [7, 11) is 3.02. The van der Waals surface area contributed by atoms with Gasteiger partial charge in [-0.2, -0.15) is 0 Å². The standard InChI is InChI=1S/C17H15NO5S/c1-22-10-6-5-9(8-11(10)23-2)14-13(16(20)17(21)18-14)15(19)12-4-3-7-24-12/h3-8,14,20H,1-2H3,(H,18,21)/t14-/m1/s1. The van der Waals surface area contributed by atoms with Crippen molar-refractivity contribution in [3.63, 3.8) is 0 Å². The van der Waals surface area contributed by atoms with Gasteiger partial charge in [0.1, 0.15) is 0 Å². The van der Waals surface area contributed by atoms with Crippen molar-refractivity contribution in [1.82, 2.24) is 5.32 Å². The van der Waals surface area contributed by atoms with E-state index in [9.17, 15) is 14.7 Å². The van der Waals surface area contributed by atoms with Gasteiger partial charge in [0.2, 0.25) is 5.78 Å². The van der Waals surface area contributed by atoms with Crippen LogP contribution < -0.4 is 14.8 Å². The molecule has 1 aromatic carbocycles. The third-order valence-corrected chi connectivity index (χ3v) is 4.63. The Kier molecular flexibility index (Phi) is 4.26. The molecule has 1 aromatic heterocycles. The van der Waals surface area contributed by atoms with E-state index in [1.54, 1.807) is 35.7 Å². The molecular weight excluding hydrogens is 330 g/mol. The van der Waals surface area contributed by atoms with Gasteiger partial charge in [0.15, 0.2) is 17.3 Å². The van der Waals surface area contributed by atoms with E-state index in [4.69, 9.17) is 9.47 Å². The van der Waals surface area contributed by atoms with Gasteiger partial charge in [-0.3, -0.25) is 9.59 Å². The van der Waals surface area contributed by atoms with Crippen molar-refractivity contribution >= 4 is 23.0 Å². The smallest absolute Gasteiger partial charge is 0.287 e. The van der Waals surface area contributed by atoms with Gasteiger partial charge in [0, 0.05) is 0 Å². The van der Waals surface area contributed by atoms with Crippen molar-refractivity contribution in [3.8, 4) is 11.5 Å². The molecule has 0 unspecified atom stereocenters. The highest BCUT2D eigenvalue weighted by Gasteiger charge is 2.38. The molecule has 0 saturated heterocycles. The third-order valence-electron chi connectivity index (χ3n) is 3.76. The van der Waals surface area contributed by atoms with E-state index >= 15 is 0 Å². The lowest BCUT2D eigenvalue weighted by molar-refractivity contribution is -0.119. The summed E-state index contributed by atoms with van der Waals surface area (Å²) >= 11 is 1.25. The van der Waals surface area contributed by atoms with Crippen LogP contribution in [0.3, 0.4) is 0 Å². The molecule has 124 valence electrons. The fourth-order valence-corrected chi connectivity index (χ4v) is 3.27. The Hall–Kier alpha value is -2.80. The van der Waals surface area contributed by atoms with Crippen molar-refractivity contribution < 1.29 is 24.2 Å². The monoisotopic (exact) mass is 345 g/mol. The lowest BCUT2D eigenvalue weighted by atomic mass is 9.96. The summed E-state index contributed by atoms with van der Waals surface area (Å²) in [4.78, 5) is 25.0. The molecule has 6 nitrogen and oxygen atoms in total. The molecule has 0 bridgehead atoms. The highest BCUT2D eigenvalue weighted by molar-refractivity contribution is 7.12. The summed E-state index contributed by atoms with van der Waals surface area (Å²) in [6.07, 6.45) is 0. The van der Waals surface area contributed by atoms with Gasteiger partial charge in [0.25, 0.3) is 5.91 Å². The molecule has 2 aromatic rings. The first-order valence-corrected chi connectivity index (χ1v) is 7.99. The second-order valence-corrected chi connectivity index (χ2v) is 6.04. The molecule has 0 aliphatic carbocycles. The number of aliphatic hydroxyl groups is 1. The molecule has 1 atom stereocenters. The van der Waals surface area contributed by atoms with Gasteiger partial charge in [-0.1, -0.05) is 12.1 Å². The molecular formula is C17H15NO5S. The first-order chi connectivity index (χ1) is 11.6. The molecule has 2 N–H and O–H groups in total. The minimum absolute atomic E-state index is 0.0367. The second-order valence-electron chi connectivity index (χ2n) is 5.09. The first kappa shape index (κ1) is 16.1. The summed E-state index contributed by atoms with van der Waals surface area (Å²) in [5.74, 6) is -0.591. The summed E-state index contributed by atoms with van der Waals surface area (Å²) in [5, 5.41) is 14.5. The van der Waals surface area contributed by atoms with Crippen molar-refractivity contribution in [1.29, 1.82) is 0 Å². The zero-order chi connectivity index (χ0) is 17.3. The Bertz CT molecular complexity index is 826. The van der Waals surface area contributed by atoms with Gasteiger partial charge < -0.3 is 19.9 Å². The fraction of sp³-hybridized carbons (Fsp3) is 0.176. The lowest BCUT2D eigenvalue weighted by Crippen LogP contribution is -2.23. The van der Waals surface area contributed by atoms with E-state index < -0.39 is 17.7 Å². The van der Waals surface area contributed by atoms with Crippen LogP contribution in [0.5, 0.6) is 11.5 Å². The van der Waals surface area contributed by atoms with Crippen LogP contribution in [0.25, 0.3) is 0 Å². The quantitative estimate of drug-likeness (QED) is 0.814. The summed E-state index contributed by atoms with van der Waals surface area (Å²) < 4.78 is 10.4. The van der Waals surface area contributed by atoms with Gasteiger partial charge in [-0.05, 0) is 29.1 Å². The molecule has 0 spiro atoms. The lowest BCUT2D eigenvalue weighted by Gasteiger charge is -2.16. The minimum Gasteiger partial charge on any atom is -0.503 e. The average molecular weight is 345 g/mol. The van der Waals surface area contributed by atoms with Crippen LogP contribution in [-0.4, -0.2) is 31.0 Å². The highest BCUT2D eigenvalue weighted by atomic mass is 32.1. The Labute approximate surface area is 142 Å². The topological polar surface area (TPSA) is 84.9 Å². The number of aliphatic hydroxyl groups excluding tert-OH is 1. The van der Waals surface area contributed by atoms with Crippen molar-refractivity contribution in [3.05, 3.63) is 57.5 Å². The molecule has 1 aliphatic heterocycles. The Morgan fingerprint density at radius 2 is 1.96 bits per heavy atom. The van der Waals surface area contributed by atoms with E-state index in [1.807, 2.05) is 0 Å². The van der Waals surface area contributed by atoms with E-state index in [2.05, 4.69) is 5.32 Å². The van der Waals surface area contributed by atoms with Gasteiger partial charge in [-0.15, -0.1) is 11.3 Å². The molecule has 0 saturated carbocycles. The van der Waals surface area contributed by atoms with Crippen LogP contribution in [-0.2, 0) is 4.79 Å². The maximum Gasteiger partial charge on any atom is 0.287 e. The van der Waals surface area contributed by atoms with Crippen molar-refractivity contribution in [2.45, 2.75) is 6.04 Å². The number of benzene rings is 1. The van der Waals surface area contributed by atoms with Gasteiger partial charge in [0.05, 0.1) is 30.7 Å². The largest absolute Gasteiger partial charge is 0.503 e. The number of thiophene rings is 1. The van der Waals surface area contributed by atoms with Crippen molar-refractivity contribution in [2.24, 2.45) is 0 Å². The number of rotatable bonds is 5. The number of carbonyl (C=O) groups is 2. The zero-order valence-corrected chi connectivity index (χ0v) is 13.8. The molecule has 0 fully saturated rings. The second kappa shape index (κ2) is 6.37. The number of hydrogen-bond acceptors (Lipinski definition) is 6. The predicted octanol–water partition coefficient (Wildman–Crippen LogP) is 2.63. The zero-order valence-electron chi connectivity index (χ0n) is 13.0. The van der Waals surface area contributed by atoms with Crippen LogP contribution >= 0.6 is 11.3 Å².